The molecule has 43 heavy (non-hydrogen) atoms. The Kier molecular flexibility index (Phi) is 6.71. The van der Waals surface area contributed by atoms with E-state index in [1.165, 1.54) is 18.2 Å². The maximum absolute atomic E-state index is 14.6. The predicted octanol–water partition coefficient (Wildman–Crippen LogP) is 6.90. The van der Waals surface area contributed by atoms with Crippen molar-refractivity contribution in [2.24, 2.45) is 11.8 Å². The second-order valence-corrected chi connectivity index (χ2v) is 12.0. The first-order valence-electron chi connectivity index (χ1n) is 14.3. The lowest BCUT2D eigenvalue weighted by atomic mass is 9.55. The van der Waals surface area contributed by atoms with Gasteiger partial charge in [0.1, 0.15) is 6.04 Å². The van der Waals surface area contributed by atoms with Gasteiger partial charge in [0.25, 0.3) is 17.7 Å². The van der Waals surface area contributed by atoms with Gasteiger partial charge < -0.3 is 0 Å². The van der Waals surface area contributed by atoms with E-state index in [4.69, 9.17) is 23.2 Å². The zero-order valence-electron chi connectivity index (χ0n) is 23.1. The van der Waals surface area contributed by atoms with Crippen molar-refractivity contribution in [2.45, 2.75) is 31.2 Å². The number of nitrogens with zero attached hydrogens (tertiary/aromatic N) is 2. The number of amides is 3. The summed E-state index contributed by atoms with van der Waals surface area (Å²) in [6.45, 7) is 1.75. The smallest absolute Gasteiger partial charge is 0.275 e. The first-order valence-corrected chi connectivity index (χ1v) is 15.0. The molecule has 3 atom stereocenters. The van der Waals surface area contributed by atoms with Gasteiger partial charge in [0, 0.05) is 22.4 Å². The lowest BCUT2D eigenvalue weighted by molar-refractivity contribution is -0.156. The molecule has 1 saturated heterocycles. The van der Waals surface area contributed by atoms with Gasteiger partial charge in [0.05, 0.1) is 22.4 Å². The van der Waals surface area contributed by atoms with E-state index in [0.717, 1.165) is 32.3 Å². The molecule has 214 valence electrons. The first-order chi connectivity index (χ1) is 20.8. The summed E-state index contributed by atoms with van der Waals surface area (Å²) < 4.78 is 0. The van der Waals surface area contributed by atoms with Gasteiger partial charge in [0.15, 0.2) is 5.78 Å². The van der Waals surface area contributed by atoms with Crippen LogP contribution in [0.2, 0.25) is 10.0 Å². The SMILES string of the molecule is CC[C@H](C(=O)c1ccccc1)N(C(=O)c1ccc(Cl)cc1Cl)N1C(=O)[C@@H]2C3c4ccccc4C(c4ccccc43)[C@H]2C1=O. The van der Waals surface area contributed by atoms with Crippen LogP contribution in [-0.4, -0.2) is 39.6 Å². The molecule has 3 aliphatic carbocycles. The lowest BCUT2D eigenvalue weighted by Gasteiger charge is -2.45. The highest BCUT2D eigenvalue weighted by Crippen LogP contribution is 2.61. The number of ketones is 1. The van der Waals surface area contributed by atoms with Crippen LogP contribution in [0.25, 0.3) is 0 Å². The molecule has 0 N–H and O–H groups in total. The molecule has 3 amide bonds. The Labute approximate surface area is 258 Å². The van der Waals surface area contributed by atoms with Crippen molar-refractivity contribution in [1.29, 1.82) is 0 Å². The molecule has 4 aromatic carbocycles. The zero-order valence-corrected chi connectivity index (χ0v) is 24.6. The molecule has 8 rings (SSSR count). The molecule has 1 heterocycles. The average Bonchev–Trinajstić information content (AvgIpc) is 3.29. The van der Waals surface area contributed by atoms with Crippen LogP contribution in [0, 0.1) is 11.8 Å². The van der Waals surface area contributed by atoms with E-state index in [1.54, 1.807) is 37.3 Å². The van der Waals surface area contributed by atoms with Gasteiger partial charge >= 0.3 is 0 Å². The van der Waals surface area contributed by atoms with E-state index in [1.807, 2.05) is 48.5 Å². The number of hydrogen-bond donors (Lipinski definition) is 0. The van der Waals surface area contributed by atoms with E-state index in [9.17, 15) is 19.2 Å². The number of halogens is 2. The maximum atomic E-state index is 14.6. The van der Waals surface area contributed by atoms with E-state index in [2.05, 4.69) is 0 Å². The Morgan fingerprint density at radius 3 is 1.70 bits per heavy atom. The maximum Gasteiger partial charge on any atom is 0.275 e. The van der Waals surface area contributed by atoms with Gasteiger partial charge in [-0.05, 0) is 46.9 Å². The Morgan fingerprint density at radius 1 is 0.744 bits per heavy atom. The van der Waals surface area contributed by atoms with Crippen LogP contribution in [0.1, 0.15) is 68.2 Å². The third-order valence-electron chi connectivity index (χ3n) is 9.05. The van der Waals surface area contributed by atoms with Crippen LogP contribution in [0.15, 0.2) is 97.1 Å². The molecule has 1 aliphatic heterocycles. The normalized spacial score (nSPS) is 22.1. The first kappa shape index (κ1) is 27.6. The number of rotatable bonds is 6. The second-order valence-electron chi connectivity index (χ2n) is 11.2. The van der Waals surface area contributed by atoms with E-state index < -0.39 is 35.6 Å². The van der Waals surface area contributed by atoms with Crippen molar-refractivity contribution in [3.05, 3.63) is 140 Å². The van der Waals surface area contributed by atoms with Gasteiger partial charge in [-0.15, -0.1) is 0 Å². The number of Topliss-reactive ketones (excluding diaryl/α,β-unsaturated/α-hetero) is 1. The van der Waals surface area contributed by atoms with E-state index in [0.29, 0.717) is 10.6 Å². The summed E-state index contributed by atoms with van der Waals surface area (Å²) in [5, 5.41) is 2.39. The fourth-order valence-electron chi connectivity index (χ4n) is 7.30. The van der Waals surface area contributed by atoms with Gasteiger partial charge in [-0.1, -0.05) is 109 Å². The largest absolute Gasteiger partial charge is 0.292 e. The minimum atomic E-state index is -1.14. The molecule has 6 nitrogen and oxygen atoms in total. The minimum absolute atomic E-state index is 0.0374. The number of hydrazine groups is 1. The highest BCUT2D eigenvalue weighted by molar-refractivity contribution is 6.36. The summed E-state index contributed by atoms with van der Waals surface area (Å²) in [6, 6.07) is 27.7. The standard InChI is InChI=1S/C35H26Cl2N2O4/c1-2-27(32(40)19-10-4-3-5-11-19)38(33(41)25-17-16-20(36)18-26(25)37)39-34(42)30-28-21-12-6-7-13-22(21)29(31(30)35(39)43)24-15-9-8-14-23(24)28/h3-18,27-31H,2H2,1H3/t27-,28?,29?,30-,31-/m1/s1. The number of imide groups is 1. The number of hydrogen-bond acceptors (Lipinski definition) is 4. The topological polar surface area (TPSA) is 74.8 Å². The molecule has 0 unspecified atom stereocenters. The molecule has 4 aliphatic rings. The fourth-order valence-corrected chi connectivity index (χ4v) is 7.79. The van der Waals surface area contributed by atoms with E-state index >= 15 is 0 Å². The molecule has 1 fully saturated rings. The average molecular weight is 610 g/mol. The third kappa shape index (κ3) is 4.08. The van der Waals surface area contributed by atoms with Crippen LogP contribution in [0.5, 0.6) is 0 Å². The summed E-state index contributed by atoms with van der Waals surface area (Å²) in [5.41, 5.74) is 4.46. The third-order valence-corrected chi connectivity index (χ3v) is 9.60. The minimum Gasteiger partial charge on any atom is -0.292 e. The Morgan fingerprint density at radius 2 is 1.23 bits per heavy atom. The monoisotopic (exact) mass is 608 g/mol. The van der Waals surface area contributed by atoms with Crippen LogP contribution in [-0.2, 0) is 9.59 Å². The van der Waals surface area contributed by atoms with Crippen LogP contribution >= 0.6 is 23.2 Å². The van der Waals surface area contributed by atoms with Gasteiger partial charge in [-0.25, -0.2) is 5.01 Å². The second kappa shape index (κ2) is 10.5. The molecule has 8 heteroatoms. The van der Waals surface area contributed by atoms with Gasteiger partial charge in [-0.3, -0.25) is 19.2 Å². The van der Waals surface area contributed by atoms with Gasteiger partial charge in [-0.2, -0.15) is 5.01 Å². The van der Waals surface area contributed by atoms with Crippen molar-refractivity contribution < 1.29 is 19.2 Å². The number of benzene rings is 4. The molecule has 0 radical (unpaired) electrons. The molecular formula is C35H26Cl2N2O4. The lowest BCUT2D eigenvalue weighted by Crippen LogP contribution is -2.57. The van der Waals surface area contributed by atoms with Crippen LogP contribution in [0.3, 0.4) is 0 Å². The highest BCUT2D eigenvalue weighted by atomic mass is 35.5. The van der Waals surface area contributed by atoms with Crippen molar-refractivity contribution in [2.75, 3.05) is 0 Å². The van der Waals surface area contributed by atoms with Crippen LogP contribution in [0.4, 0.5) is 0 Å². The molecule has 0 spiro atoms. The molecule has 4 aromatic rings. The highest BCUT2D eigenvalue weighted by Gasteiger charge is 2.63. The summed E-state index contributed by atoms with van der Waals surface area (Å²) in [7, 11) is 0. The fraction of sp³-hybridized carbons (Fsp3) is 0.200. The van der Waals surface area contributed by atoms with Crippen LogP contribution < -0.4 is 0 Å². The Bertz CT molecular complexity index is 1710. The Balaban J connectivity index is 1.39. The summed E-state index contributed by atoms with van der Waals surface area (Å²) in [5.74, 6) is -4.24. The molecule has 2 bridgehead atoms. The summed E-state index contributed by atoms with van der Waals surface area (Å²) in [6.07, 6.45) is 0.157. The summed E-state index contributed by atoms with van der Waals surface area (Å²) in [4.78, 5) is 57.6. The number of carbonyl (C=O) groups is 4. The van der Waals surface area contributed by atoms with Crippen molar-refractivity contribution >= 4 is 46.7 Å². The Hall–Kier alpha value is -4.26. The van der Waals surface area contributed by atoms with Gasteiger partial charge in [0.2, 0.25) is 0 Å². The predicted molar refractivity (Wildman–Crippen MR) is 163 cm³/mol. The zero-order chi connectivity index (χ0) is 30.0. The van der Waals surface area contributed by atoms with Crippen molar-refractivity contribution in [3.63, 3.8) is 0 Å². The van der Waals surface area contributed by atoms with E-state index in [-0.39, 0.29) is 34.6 Å². The van der Waals surface area contributed by atoms with Crippen molar-refractivity contribution in [3.8, 4) is 0 Å². The molecule has 0 aromatic heterocycles. The number of carbonyl (C=O) groups excluding carboxylic acids is 4. The molecular weight excluding hydrogens is 583 g/mol. The molecule has 0 saturated carbocycles. The summed E-state index contributed by atoms with van der Waals surface area (Å²) >= 11 is 12.6. The quantitative estimate of drug-likeness (QED) is 0.176. The van der Waals surface area contributed by atoms with Crippen molar-refractivity contribution in [1.82, 2.24) is 10.0 Å².